The third-order valence-electron chi connectivity index (χ3n) is 5.59. The lowest BCUT2D eigenvalue weighted by Crippen LogP contribution is -1.98. The minimum atomic E-state index is 0.257. The summed E-state index contributed by atoms with van der Waals surface area (Å²) in [5.41, 5.74) is 5.58. The van der Waals surface area contributed by atoms with E-state index in [0.717, 1.165) is 30.4 Å². The van der Waals surface area contributed by atoms with Crippen LogP contribution in [-0.2, 0) is 0 Å². The normalized spacial score (nSPS) is 10.7. The molecule has 0 bridgehead atoms. The summed E-state index contributed by atoms with van der Waals surface area (Å²) >= 11 is 0. The van der Waals surface area contributed by atoms with Gasteiger partial charge in [0.2, 0.25) is 0 Å². The Morgan fingerprint density at radius 3 is 1.63 bits per heavy atom. The lowest BCUT2D eigenvalue weighted by Gasteiger charge is -2.07. The first kappa shape index (κ1) is 21.8. The summed E-state index contributed by atoms with van der Waals surface area (Å²) in [7, 11) is 0. The third kappa shape index (κ3) is 6.56. The lowest BCUT2D eigenvalue weighted by atomic mass is 9.98. The van der Waals surface area contributed by atoms with Crippen LogP contribution in [0.1, 0.15) is 61.7 Å². The maximum atomic E-state index is 12.5. The molecule has 0 spiro atoms. The van der Waals surface area contributed by atoms with Crippen molar-refractivity contribution in [1.29, 1.82) is 0 Å². The summed E-state index contributed by atoms with van der Waals surface area (Å²) < 4.78 is 0. The zero-order chi connectivity index (χ0) is 21.0. The van der Waals surface area contributed by atoms with Crippen molar-refractivity contribution < 1.29 is 4.79 Å². The smallest absolute Gasteiger partial charge is 0.162 e. The van der Waals surface area contributed by atoms with Crippen LogP contribution in [0.25, 0.3) is 22.3 Å². The fourth-order valence-electron chi connectivity index (χ4n) is 3.76. The van der Waals surface area contributed by atoms with Gasteiger partial charge >= 0.3 is 0 Å². The SMILES string of the molecule is C=CCCCCCCCCC(=O)c1ccc(-c2ccc(-c3ccccc3)cc2)cc1. The van der Waals surface area contributed by atoms with Gasteiger partial charge in [0.15, 0.2) is 5.78 Å². The second-order valence-electron chi connectivity index (χ2n) is 7.89. The van der Waals surface area contributed by atoms with Crippen molar-refractivity contribution in [3.8, 4) is 22.3 Å². The molecule has 0 unspecified atom stereocenters. The largest absolute Gasteiger partial charge is 0.294 e. The molecular weight excluding hydrogens is 364 g/mol. The van der Waals surface area contributed by atoms with E-state index < -0.39 is 0 Å². The Balaban J connectivity index is 1.47. The molecule has 1 nitrogen and oxygen atoms in total. The van der Waals surface area contributed by atoms with Gasteiger partial charge in [0.05, 0.1) is 0 Å². The standard InChI is InChI=1S/C29H32O/c1-2-3-4-5-6-7-8-12-15-29(30)28-22-20-27(21-23-28)26-18-16-25(17-19-26)24-13-10-9-11-14-24/h2,9-11,13-14,16-23H,1,3-8,12,15H2. The molecule has 0 radical (unpaired) electrons. The molecule has 3 aromatic rings. The molecule has 0 aliphatic carbocycles. The number of allylic oxidation sites excluding steroid dienone is 1. The van der Waals surface area contributed by atoms with Gasteiger partial charge in [-0.1, -0.05) is 111 Å². The Morgan fingerprint density at radius 1 is 0.600 bits per heavy atom. The van der Waals surface area contributed by atoms with Crippen LogP contribution in [-0.4, -0.2) is 5.78 Å². The Kier molecular flexibility index (Phi) is 8.65. The second-order valence-corrected chi connectivity index (χ2v) is 7.89. The van der Waals surface area contributed by atoms with E-state index in [9.17, 15) is 4.79 Å². The van der Waals surface area contributed by atoms with Gasteiger partial charge in [-0.2, -0.15) is 0 Å². The molecule has 0 N–H and O–H groups in total. The highest BCUT2D eigenvalue weighted by Crippen LogP contribution is 2.25. The average molecular weight is 397 g/mol. The van der Waals surface area contributed by atoms with Gasteiger partial charge < -0.3 is 0 Å². The summed E-state index contributed by atoms with van der Waals surface area (Å²) in [5, 5.41) is 0. The van der Waals surface area contributed by atoms with Crippen LogP contribution < -0.4 is 0 Å². The molecule has 0 atom stereocenters. The van der Waals surface area contributed by atoms with Gasteiger partial charge in [-0.25, -0.2) is 0 Å². The molecule has 30 heavy (non-hydrogen) atoms. The molecular formula is C29H32O. The number of carbonyl (C=O) groups excluding carboxylic acids is 1. The fourth-order valence-corrected chi connectivity index (χ4v) is 3.76. The minimum absolute atomic E-state index is 0.257. The number of rotatable bonds is 12. The minimum Gasteiger partial charge on any atom is -0.294 e. The van der Waals surface area contributed by atoms with Gasteiger partial charge in [-0.05, 0) is 41.5 Å². The molecule has 0 amide bonds. The molecule has 3 rings (SSSR count). The number of carbonyl (C=O) groups is 1. The van der Waals surface area contributed by atoms with Crippen LogP contribution in [0, 0.1) is 0 Å². The van der Waals surface area contributed by atoms with Gasteiger partial charge in [0.25, 0.3) is 0 Å². The van der Waals surface area contributed by atoms with E-state index in [1.807, 2.05) is 24.3 Å². The maximum Gasteiger partial charge on any atom is 0.162 e. The van der Waals surface area contributed by atoms with E-state index in [1.165, 1.54) is 42.4 Å². The number of ketones is 1. The zero-order valence-electron chi connectivity index (χ0n) is 17.9. The number of hydrogen-bond acceptors (Lipinski definition) is 1. The van der Waals surface area contributed by atoms with Crippen molar-refractivity contribution in [1.82, 2.24) is 0 Å². The van der Waals surface area contributed by atoms with E-state index in [0.29, 0.717) is 6.42 Å². The van der Waals surface area contributed by atoms with Gasteiger partial charge in [0, 0.05) is 12.0 Å². The van der Waals surface area contributed by atoms with E-state index in [1.54, 1.807) is 0 Å². The van der Waals surface area contributed by atoms with Crippen molar-refractivity contribution in [2.24, 2.45) is 0 Å². The van der Waals surface area contributed by atoms with E-state index in [-0.39, 0.29) is 5.78 Å². The third-order valence-corrected chi connectivity index (χ3v) is 5.59. The summed E-state index contributed by atoms with van der Waals surface area (Å²) in [6.07, 6.45) is 10.9. The highest BCUT2D eigenvalue weighted by atomic mass is 16.1. The van der Waals surface area contributed by atoms with Gasteiger partial charge in [-0.3, -0.25) is 4.79 Å². The summed E-state index contributed by atoms with van der Waals surface area (Å²) in [5.74, 6) is 0.257. The van der Waals surface area contributed by atoms with Crippen LogP contribution in [0.2, 0.25) is 0 Å². The topological polar surface area (TPSA) is 17.1 Å². The van der Waals surface area contributed by atoms with E-state index in [4.69, 9.17) is 0 Å². The van der Waals surface area contributed by atoms with Crippen LogP contribution in [0.3, 0.4) is 0 Å². The van der Waals surface area contributed by atoms with Crippen molar-refractivity contribution in [3.05, 3.63) is 97.1 Å². The molecule has 0 aliphatic rings. The molecule has 0 saturated carbocycles. The van der Waals surface area contributed by atoms with Crippen molar-refractivity contribution in [2.75, 3.05) is 0 Å². The predicted molar refractivity (Wildman–Crippen MR) is 129 cm³/mol. The Labute approximate surface area is 181 Å². The van der Waals surface area contributed by atoms with Crippen LogP contribution in [0.4, 0.5) is 0 Å². The average Bonchev–Trinajstić information content (AvgIpc) is 2.81. The highest BCUT2D eigenvalue weighted by molar-refractivity contribution is 5.96. The van der Waals surface area contributed by atoms with E-state index >= 15 is 0 Å². The van der Waals surface area contributed by atoms with E-state index in [2.05, 4.69) is 67.2 Å². The Bertz CT molecular complexity index is 905. The summed E-state index contributed by atoms with van der Waals surface area (Å²) in [6.45, 7) is 3.76. The molecule has 0 fully saturated rings. The quantitative estimate of drug-likeness (QED) is 0.170. The number of hydrogen-bond donors (Lipinski definition) is 0. The summed E-state index contributed by atoms with van der Waals surface area (Å²) in [4.78, 5) is 12.5. The molecule has 154 valence electrons. The number of unbranched alkanes of at least 4 members (excludes halogenated alkanes) is 6. The Morgan fingerprint density at radius 2 is 1.07 bits per heavy atom. The van der Waals surface area contributed by atoms with Crippen LogP contribution >= 0.6 is 0 Å². The lowest BCUT2D eigenvalue weighted by molar-refractivity contribution is 0.0979. The number of benzene rings is 3. The first-order valence-electron chi connectivity index (χ1n) is 11.2. The van der Waals surface area contributed by atoms with Crippen molar-refractivity contribution in [3.63, 3.8) is 0 Å². The predicted octanol–water partition coefficient (Wildman–Crippen LogP) is 8.51. The maximum absolute atomic E-state index is 12.5. The number of Topliss-reactive ketones (excluding diaryl/α,β-unsaturated/α-hetero) is 1. The van der Waals surface area contributed by atoms with Gasteiger partial charge in [0.1, 0.15) is 0 Å². The molecule has 3 aromatic carbocycles. The molecule has 0 saturated heterocycles. The van der Waals surface area contributed by atoms with Crippen molar-refractivity contribution >= 4 is 5.78 Å². The van der Waals surface area contributed by atoms with Crippen LogP contribution in [0.15, 0.2) is 91.5 Å². The first-order chi connectivity index (χ1) is 14.8. The second kappa shape index (κ2) is 11.9. The molecule has 0 heterocycles. The first-order valence-corrected chi connectivity index (χ1v) is 11.2. The highest BCUT2D eigenvalue weighted by Gasteiger charge is 2.07. The monoisotopic (exact) mass is 396 g/mol. The fraction of sp³-hybridized carbons (Fsp3) is 0.276. The van der Waals surface area contributed by atoms with Crippen molar-refractivity contribution in [2.45, 2.75) is 51.4 Å². The Hall–Kier alpha value is -2.93. The molecule has 0 aromatic heterocycles. The van der Waals surface area contributed by atoms with Gasteiger partial charge in [-0.15, -0.1) is 6.58 Å². The molecule has 1 heteroatoms. The molecule has 0 aliphatic heterocycles. The van der Waals surface area contributed by atoms with Crippen LogP contribution in [0.5, 0.6) is 0 Å². The zero-order valence-corrected chi connectivity index (χ0v) is 17.9. The summed E-state index contributed by atoms with van der Waals surface area (Å²) in [6, 6.07) is 27.1.